The van der Waals surface area contributed by atoms with E-state index in [0.717, 1.165) is 17.1 Å². The molecule has 0 saturated carbocycles. The van der Waals surface area contributed by atoms with Gasteiger partial charge in [0.15, 0.2) is 0 Å². The lowest BCUT2D eigenvalue weighted by atomic mass is 10.1. The molecule has 0 heterocycles. The molecule has 0 fully saturated rings. The van der Waals surface area contributed by atoms with E-state index >= 15 is 0 Å². The predicted molar refractivity (Wildman–Crippen MR) is 78.4 cm³/mol. The number of nitrogens with zero attached hydrogens (tertiary/aromatic N) is 2. The standard InChI is InChI=1S/C16H16O2.N2/c1-17-15-10-14(11-16(12-15)18-2)9-8-13-6-4-3-5-7-13;1-2/h3-12H,1-2H3;. The average molecular weight is 268 g/mol. The Labute approximate surface area is 118 Å². The van der Waals surface area contributed by atoms with E-state index in [1.165, 1.54) is 5.56 Å². The second-order valence-corrected chi connectivity index (χ2v) is 3.89. The minimum atomic E-state index is 0.794. The van der Waals surface area contributed by atoms with Crippen molar-refractivity contribution in [3.05, 3.63) is 59.7 Å². The Balaban J connectivity index is 0.000000956. The first-order chi connectivity index (χ1) is 9.81. The molecule has 0 bridgehead atoms. The highest BCUT2D eigenvalue weighted by molar-refractivity contribution is 5.70. The van der Waals surface area contributed by atoms with Gasteiger partial charge in [-0.2, -0.15) is 0 Å². The Morgan fingerprint density at radius 3 is 1.75 bits per heavy atom. The van der Waals surface area contributed by atoms with E-state index < -0.39 is 0 Å². The molecule has 0 saturated heterocycles. The van der Waals surface area contributed by atoms with Crippen molar-refractivity contribution in [2.45, 2.75) is 0 Å². The Bertz CT molecular complexity index is 555. The minimum Gasteiger partial charge on any atom is -0.497 e. The summed E-state index contributed by atoms with van der Waals surface area (Å²) in [6, 6.07) is 16.0. The van der Waals surface area contributed by atoms with E-state index in [2.05, 4.69) is 18.2 Å². The van der Waals surface area contributed by atoms with Crippen LogP contribution in [0.5, 0.6) is 11.5 Å². The van der Waals surface area contributed by atoms with Crippen molar-refractivity contribution < 1.29 is 9.47 Å². The van der Waals surface area contributed by atoms with Crippen LogP contribution in [-0.4, -0.2) is 14.2 Å². The number of benzene rings is 2. The highest BCUT2D eigenvalue weighted by Gasteiger charge is 1.99. The summed E-state index contributed by atoms with van der Waals surface area (Å²) in [6.07, 6.45) is 4.11. The van der Waals surface area contributed by atoms with Gasteiger partial charge < -0.3 is 9.47 Å². The summed E-state index contributed by atoms with van der Waals surface area (Å²) < 4.78 is 10.5. The molecule has 4 nitrogen and oxygen atoms in total. The first kappa shape index (κ1) is 15.3. The third-order valence-corrected chi connectivity index (χ3v) is 2.64. The molecule has 2 rings (SSSR count). The van der Waals surface area contributed by atoms with E-state index in [0.29, 0.717) is 0 Å². The molecule has 0 N–H and O–H groups in total. The fraction of sp³-hybridized carbons (Fsp3) is 0.125. The molecule has 0 aliphatic heterocycles. The molecule has 0 aliphatic carbocycles. The monoisotopic (exact) mass is 268 g/mol. The van der Waals surface area contributed by atoms with Crippen molar-refractivity contribution >= 4 is 12.2 Å². The van der Waals surface area contributed by atoms with Crippen molar-refractivity contribution in [1.82, 2.24) is 0 Å². The number of methoxy groups -OCH3 is 2. The van der Waals surface area contributed by atoms with Gasteiger partial charge in [0.2, 0.25) is 0 Å². The zero-order valence-electron chi connectivity index (χ0n) is 11.5. The third-order valence-electron chi connectivity index (χ3n) is 2.64. The van der Waals surface area contributed by atoms with Crippen molar-refractivity contribution in [3.8, 4) is 11.5 Å². The second-order valence-electron chi connectivity index (χ2n) is 3.89. The maximum Gasteiger partial charge on any atom is 0.123 e. The van der Waals surface area contributed by atoms with E-state index in [1.807, 2.05) is 42.5 Å². The Morgan fingerprint density at radius 1 is 0.750 bits per heavy atom. The SMILES string of the molecule is COc1cc(C=Cc2ccccc2)cc(OC)c1.N#N. The van der Waals surface area contributed by atoms with Crippen LogP contribution < -0.4 is 9.47 Å². The van der Waals surface area contributed by atoms with Crippen molar-refractivity contribution in [1.29, 1.82) is 10.8 Å². The highest BCUT2D eigenvalue weighted by Crippen LogP contribution is 2.23. The molecule has 0 radical (unpaired) electrons. The fourth-order valence-electron chi connectivity index (χ4n) is 1.68. The normalized spacial score (nSPS) is 9.60. The predicted octanol–water partition coefficient (Wildman–Crippen LogP) is 3.90. The van der Waals surface area contributed by atoms with Gasteiger partial charge in [-0.1, -0.05) is 42.5 Å². The lowest BCUT2D eigenvalue weighted by Gasteiger charge is -2.05. The number of ether oxygens (including phenoxy) is 2. The van der Waals surface area contributed by atoms with Crippen LogP contribution in [0.25, 0.3) is 12.2 Å². The highest BCUT2D eigenvalue weighted by atomic mass is 16.5. The fourth-order valence-corrected chi connectivity index (χ4v) is 1.68. The summed E-state index contributed by atoms with van der Waals surface area (Å²) in [5, 5.41) is 12.0. The first-order valence-electron chi connectivity index (χ1n) is 5.98. The first-order valence-corrected chi connectivity index (χ1v) is 5.98. The minimum absolute atomic E-state index is 0.794. The third kappa shape index (κ3) is 4.46. The van der Waals surface area contributed by atoms with Gasteiger partial charge in [0.25, 0.3) is 0 Å². The van der Waals surface area contributed by atoms with Crippen LogP contribution in [0.4, 0.5) is 0 Å². The number of hydrogen-bond acceptors (Lipinski definition) is 4. The van der Waals surface area contributed by atoms with Gasteiger partial charge in [-0.25, -0.2) is 0 Å². The molecule has 0 spiro atoms. The van der Waals surface area contributed by atoms with Gasteiger partial charge in [-0.3, -0.25) is 0 Å². The lowest BCUT2D eigenvalue weighted by molar-refractivity contribution is 0.394. The molecule has 0 aliphatic rings. The molecule has 2 aromatic carbocycles. The van der Waals surface area contributed by atoms with Crippen molar-refractivity contribution in [2.75, 3.05) is 14.2 Å². The second kappa shape index (κ2) is 8.33. The smallest absolute Gasteiger partial charge is 0.123 e. The maximum atomic E-state index is 6.00. The summed E-state index contributed by atoms with van der Waals surface area (Å²) in [4.78, 5) is 0. The van der Waals surface area contributed by atoms with Gasteiger partial charge in [0.05, 0.1) is 14.2 Å². The molecule has 0 atom stereocenters. The molecule has 102 valence electrons. The van der Waals surface area contributed by atoms with Gasteiger partial charge >= 0.3 is 0 Å². The molecule has 4 heteroatoms. The Morgan fingerprint density at radius 2 is 1.25 bits per heavy atom. The summed E-state index contributed by atoms with van der Waals surface area (Å²) in [5.74, 6) is 1.59. The molecular weight excluding hydrogens is 252 g/mol. The van der Waals surface area contributed by atoms with Crippen LogP contribution in [0.3, 0.4) is 0 Å². The van der Waals surface area contributed by atoms with Crippen LogP contribution in [0.15, 0.2) is 48.5 Å². The van der Waals surface area contributed by atoms with Crippen LogP contribution in [-0.2, 0) is 0 Å². The average Bonchev–Trinajstić information content (AvgIpc) is 2.55. The van der Waals surface area contributed by atoms with E-state index in [-0.39, 0.29) is 0 Å². The quantitative estimate of drug-likeness (QED) is 0.623. The van der Waals surface area contributed by atoms with Crippen molar-refractivity contribution in [2.24, 2.45) is 0 Å². The van der Waals surface area contributed by atoms with Gasteiger partial charge in [0, 0.05) is 16.9 Å². The van der Waals surface area contributed by atoms with E-state index in [4.69, 9.17) is 20.3 Å². The number of rotatable bonds is 4. The zero-order valence-corrected chi connectivity index (χ0v) is 11.5. The van der Waals surface area contributed by atoms with E-state index in [1.54, 1.807) is 14.2 Å². The molecule has 0 aromatic heterocycles. The molecular formula is C16H16N2O2. The summed E-state index contributed by atoms with van der Waals surface area (Å²) in [7, 11) is 3.30. The Kier molecular flexibility index (Phi) is 6.35. The maximum absolute atomic E-state index is 6.00. The molecule has 2 aromatic rings. The van der Waals surface area contributed by atoms with Crippen LogP contribution in [0.1, 0.15) is 11.1 Å². The van der Waals surface area contributed by atoms with Crippen molar-refractivity contribution in [3.63, 3.8) is 0 Å². The van der Waals surface area contributed by atoms with Gasteiger partial charge in [-0.15, -0.1) is 0 Å². The lowest BCUT2D eigenvalue weighted by Crippen LogP contribution is -1.88. The zero-order chi connectivity index (χ0) is 14.8. The van der Waals surface area contributed by atoms with Crippen LogP contribution >= 0.6 is 0 Å². The number of hydrogen-bond donors (Lipinski definition) is 0. The van der Waals surface area contributed by atoms with E-state index in [9.17, 15) is 0 Å². The summed E-state index contributed by atoms with van der Waals surface area (Å²) in [6.45, 7) is 0. The topological polar surface area (TPSA) is 66.0 Å². The summed E-state index contributed by atoms with van der Waals surface area (Å²) >= 11 is 0. The molecule has 0 amide bonds. The molecule has 20 heavy (non-hydrogen) atoms. The van der Waals surface area contributed by atoms with Gasteiger partial charge in [-0.05, 0) is 23.3 Å². The van der Waals surface area contributed by atoms with Crippen LogP contribution in [0.2, 0.25) is 0 Å². The molecule has 0 unspecified atom stereocenters. The van der Waals surface area contributed by atoms with Crippen LogP contribution in [0, 0.1) is 10.8 Å². The van der Waals surface area contributed by atoms with Gasteiger partial charge in [0.1, 0.15) is 11.5 Å². The summed E-state index contributed by atoms with van der Waals surface area (Å²) in [5.41, 5.74) is 2.22. The largest absolute Gasteiger partial charge is 0.497 e. The Hall–Kier alpha value is -2.80.